The van der Waals surface area contributed by atoms with Crippen LogP contribution in [-0.2, 0) is 19.3 Å². The summed E-state index contributed by atoms with van der Waals surface area (Å²) in [6.45, 7) is 0. The van der Waals surface area contributed by atoms with E-state index in [1.807, 2.05) is 24.3 Å². The fourth-order valence-corrected chi connectivity index (χ4v) is 2.98. The number of hydrogen-bond donors (Lipinski definition) is 0. The summed E-state index contributed by atoms with van der Waals surface area (Å²) in [5.41, 5.74) is 1.87. The van der Waals surface area contributed by atoms with E-state index in [1.54, 1.807) is 0 Å². The molecule has 1 aliphatic rings. The number of nitrogens with zero attached hydrogens (tertiary/aromatic N) is 1. The molecule has 0 heterocycles. The molecule has 0 spiro atoms. The van der Waals surface area contributed by atoms with E-state index in [0.717, 1.165) is 23.3 Å². The van der Waals surface area contributed by atoms with Gasteiger partial charge in [-0.25, -0.2) is 8.78 Å². The molecular weight excluding hydrogens is 256 g/mol. The Morgan fingerprint density at radius 1 is 1.05 bits per heavy atom. The summed E-state index contributed by atoms with van der Waals surface area (Å²) in [7, 11) is 0. The normalized spacial score (nSPS) is 15.7. The summed E-state index contributed by atoms with van der Waals surface area (Å²) in [5, 5.41) is 9.54. The van der Waals surface area contributed by atoms with Crippen molar-refractivity contribution in [3.63, 3.8) is 0 Å². The SMILES string of the molecule is N#CC1(Cc2cc(F)ccc2F)Cc2ccccc2C1. The minimum Gasteiger partial charge on any atom is -0.207 e. The number of halogens is 2. The predicted octanol–water partition coefficient (Wildman–Crippen LogP) is 3.82. The third kappa shape index (κ3) is 2.18. The molecule has 100 valence electrons. The van der Waals surface area contributed by atoms with E-state index in [4.69, 9.17) is 0 Å². The van der Waals surface area contributed by atoms with Crippen molar-refractivity contribution >= 4 is 0 Å². The highest BCUT2D eigenvalue weighted by Crippen LogP contribution is 2.39. The molecule has 0 amide bonds. The molecule has 0 aliphatic heterocycles. The number of rotatable bonds is 2. The van der Waals surface area contributed by atoms with Crippen molar-refractivity contribution in [1.82, 2.24) is 0 Å². The average Bonchev–Trinajstić information content (AvgIpc) is 2.81. The first kappa shape index (κ1) is 12.8. The molecule has 20 heavy (non-hydrogen) atoms. The van der Waals surface area contributed by atoms with Crippen LogP contribution in [0.1, 0.15) is 16.7 Å². The van der Waals surface area contributed by atoms with Crippen LogP contribution >= 0.6 is 0 Å². The Morgan fingerprint density at radius 3 is 2.30 bits per heavy atom. The van der Waals surface area contributed by atoms with Gasteiger partial charge in [0.25, 0.3) is 0 Å². The summed E-state index contributed by atoms with van der Waals surface area (Å²) in [6, 6.07) is 13.6. The second-order valence-electron chi connectivity index (χ2n) is 5.43. The van der Waals surface area contributed by atoms with Gasteiger partial charge in [0.2, 0.25) is 0 Å². The molecule has 0 saturated carbocycles. The molecule has 0 aromatic heterocycles. The quantitative estimate of drug-likeness (QED) is 0.813. The minimum absolute atomic E-state index is 0.238. The molecule has 3 heteroatoms. The minimum atomic E-state index is -0.668. The lowest BCUT2D eigenvalue weighted by atomic mass is 9.80. The Labute approximate surface area is 116 Å². The molecule has 1 aliphatic carbocycles. The zero-order chi connectivity index (χ0) is 14.2. The molecular formula is C17H13F2N. The average molecular weight is 269 g/mol. The number of benzene rings is 2. The summed E-state index contributed by atoms with van der Waals surface area (Å²) in [6.07, 6.45) is 1.42. The first-order valence-electron chi connectivity index (χ1n) is 6.54. The Morgan fingerprint density at radius 2 is 1.70 bits per heavy atom. The van der Waals surface area contributed by atoms with Crippen LogP contribution < -0.4 is 0 Å². The van der Waals surface area contributed by atoms with E-state index in [1.165, 1.54) is 6.07 Å². The fraction of sp³-hybridized carbons (Fsp3) is 0.235. The van der Waals surface area contributed by atoms with Gasteiger partial charge in [-0.2, -0.15) is 5.26 Å². The van der Waals surface area contributed by atoms with Gasteiger partial charge >= 0.3 is 0 Å². The van der Waals surface area contributed by atoms with Gasteiger partial charge in [0.15, 0.2) is 0 Å². The molecule has 1 nitrogen and oxygen atoms in total. The number of hydrogen-bond acceptors (Lipinski definition) is 1. The van der Waals surface area contributed by atoms with E-state index in [-0.39, 0.29) is 12.0 Å². The molecule has 2 aromatic rings. The van der Waals surface area contributed by atoms with Crippen LogP contribution in [0.5, 0.6) is 0 Å². The zero-order valence-electron chi connectivity index (χ0n) is 10.9. The van der Waals surface area contributed by atoms with Crippen molar-refractivity contribution in [2.45, 2.75) is 19.3 Å². The maximum Gasteiger partial charge on any atom is 0.126 e. The van der Waals surface area contributed by atoms with Gasteiger partial charge in [0, 0.05) is 0 Å². The topological polar surface area (TPSA) is 23.8 Å². The van der Waals surface area contributed by atoms with Crippen molar-refractivity contribution in [3.8, 4) is 6.07 Å². The summed E-state index contributed by atoms with van der Waals surface area (Å²) >= 11 is 0. The third-order valence-corrected chi connectivity index (χ3v) is 3.95. The lowest BCUT2D eigenvalue weighted by Gasteiger charge is -2.20. The lowest BCUT2D eigenvalue weighted by molar-refractivity contribution is 0.407. The van der Waals surface area contributed by atoms with E-state index in [2.05, 4.69) is 6.07 Å². The van der Waals surface area contributed by atoms with Crippen molar-refractivity contribution < 1.29 is 8.78 Å². The van der Waals surface area contributed by atoms with E-state index in [0.29, 0.717) is 12.8 Å². The Balaban J connectivity index is 1.94. The van der Waals surface area contributed by atoms with Crippen LogP contribution in [-0.4, -0.2) is 0 Å². The molecule has 3 rings (SSSR count). The first-order chi connectivity index (χ1) is 9.62. The third-order valence-electron chi connectivity index (χ3n) is 3.95. The maximum absolute atomic E-state index is 13.8. The molecule has 0 saturated heterocycles. The molecule has 0 bridgehead atoms. The van der Waals surface area contributed by atoms with Crippen LogP contribution in [0.15, 0.2) is 42.5 Å². The van der Waals surface area contributed by atoms with E-state index >= 15 is 0 Å². The molecule has 0 fully saturated rings. The van der Waals surface area contributed by atoms with Gasteiger partial charge in [0.1, 0.15) is 11.6 Å². The Kier molecular flexibility index (Phi) is 3.02. The Bertz CT molecular complexity index is 675. The highest BCUT2D eigenvalue weighted by molar-refractivity contribution is 5.38. The van der Waals surface area contributed by atoms with E-state index < -0.39 is 17.0 Å². The smallest absolute Gasteiger partial charge is 0.126 e. The highest BCUT2D eigenvalue weighted by atomic mass is 19.1. The van der Waals surface area contributed by atoms with Crippen LogP contribution in [0.25, 0.3) is 0 Å². The predicted molar refractivity (Wildman–Crippen MR) is 72.0 cm³/mol. The lowest BCUT2D eigenvalue weighted by Crippen LogP contribution is -2.23. The molecule has 0 unspecified atom stereocenters. The fourth-order valence-electron chi connectivity index (χ4n) is 2.98. The zero-order valence-corrected chi connectivity index (χ0v) is 10.9. The van der Waals surface area contributed by atoms with Gasteiger partial charge in [0.05, 0.1) is 11.5 Å². The van der Waals surface area contributed by atoms with Crippen LogP contribution in [0.4, 0.5) is 8.78 Å². The standard InChI is InChI=1S/C17H13F2N/c18-15-5-6-16(19)14(7-15)10-17(11-20)8-12-3-1-2-4-13(12)9-17/h1-7H,8-10H2. The Hall–Kier alpha value is -2.21. The van der Waals surface area contributed by atoms with Crippen LogP contribution in [0.3, 0.4) is 0 Å². The molecule has 0 atom stereocenters. The summed E-state index contributed by atoms with van der Waals surface area (Å²) in [4.78, 5) is 0. The highest BCUT2D eigenvalue weighted by Gasteiger charge is 2.38. The summed E-state index contributed by atoms with van der Waals surface area (Å²) in [5.74, 6) is -0.915. The number of nitriles is 1. The van der Waals surface area contributed by atoms with Crippen molar-refractivity contribution in [3.05, 3.63) is 70.8 Å². The second kappa shape index (κ2) is 4.72. The van der Waals surface area contributed by atoms with E-state index in [9.17, 15) is 14.0 Å². The van der Waals surface area contributed by atoms with Crippen LogP contribution in [0, 0.1) is 28.4 Å². The number of fused-ring (bicyclic) bond motifs is 1. The maximum atomic E-state index is 13.8. The first-order valence-corrected chi connectivity index (χ1v) is 6.54. The van der Waals surface area contributed by atoms with Gasteiger partial charge in [-0.1, -0.05) is 24.3 Å². The monoisotopic (exact) mass is 269 g/mol. The van der Waals surface area contributed by atoms with Gasteiger partial charge in [-0.05, 0) is 54.2 Å². The second-order valence-corrected chi connectivity index (χ2v) is 5.43. The van der Waals surface area contributed by atoms with Gasteiger partial charge < -0.3 is 0 Å². The van der Waals surface area contributed by atoms with Gasteiger partial charge in [-0.3, -0.25) is 0 Å². The molecule has 0 radical (unpaired) electrons. The largest absolute Gasteiger partial charge is 0.207 e. The van der Waals surface area contributed by atoms with Crippen molar-refractivity contribution in [2.24, 2.45) is 5.41 Å². The van der Waals surface area contributed by atoms with Crippen molar-refractivity contribution in [2.75, 3.05) is 0 Å². The molecule has 0 N–H and O–H groups in total. The van der Waals surface area contributed by atoms with Crippen LogP contribution in [0.2, 0.25) is 0 Å². The molecule has 2 aromatic carbocycles. The summed E-state index contributed by atoms with van der Waals surface area (Å²) < 4.78 is 27.0. The van der Waals surface area contributed by atoms with Gasteiger partial charge in [-0.15, -0.1) is 0 Å². The van der Waals surface area contributed by atoms with Crippen molar-refractivity contribution in [1.29, 1.82) is 5.26 Å².